The molecular formula is C14H19FN2O2S. The van der Waals surface area contributed by atoms with Crippen molar-refractivity contribution < 1.29 is 14.2 Å². The van der Waals surface area contributed by atoms with Gasteiger partial charge >= 0.3 is 0 Å². The summed E-state index contributed by atoms with van der Waals surface area (Å²) in [5, 5.41) is 8.73. The summed E-state index contributed by atoms with van der Waals surface area (Å²) in [7, 11) is 0. The Bertz CT molecular complexity index is 476. The van der Waals surface area contributed by atoms with Crippen molar-refractivity contribution >= 4 is 22.9 Å². The number of hydrogen-bond donors (Lipinski definition) is 2. The maximum absolute atomic E-state index is 14.1. The van der Waals surface area contributed by atoms with E-state index in [0.29, 0.717) is 17.9 Å². The molecule has 0 amide bonds. The number of aliphatic hydroxyl groups excluding tert-OH is 1. The molecule has 0 bridgehead atoms. The van der Waals surface area contributed by atoms with Gasteiger partial charge in [-0.25, -0.2) is 4.39 Å². The average Bonchev–Trinajstić information content (AvgIpc) is 2.45. The highest BCUT2D eigenvalue weighted by atomic mass is 32.1. The maximum atomic E-state index is 14.1. The van der Waals surface area contributed by atoms with E-state index in [0.717, 1.165) is 25.9 Å². The Balaban J connectivity index is 1.98. The minimum Gasteiger partial charge on any atom is -0.394 e. The fourth-order valence-corrected chi connectivity index (χ4v) is 2.53. The van der Waals surface area contributed by atoms with Crippen molar-refractivity contribution in [2.24, 2.45) is 5.73 Å². The zero-order valence-corrected chi connectivity index (χ0v) is 12.0. The van der Waals surface area contributed by atoms with E-state index in [1.54, 1.807) is 12.1 Å². The van der Waals surface area contributed by atoms with Gasteiger partial charge < -0.3 is 20.5 Å². The Morgan fingerprint density at radius 1 is 1.45 bits per heavy atom. The molecule has 0 aromatic heterocycles. The molecule has 0 aliphatic carbocycles. The summed E-state index contributed by atoms with van der Waals surface area (Å²) in [6, 6.07) is 4.85. The van der Waals surface area contributed by atoms with Crippen LogP contribution in [-0.2, 0) is 4.74 Å². The molecule has 3 N–H and O–H groups in total. The van der Waals surface area contributed by atoms with Gasteiger partial charge in [0.15, 0.2) is 0 Å². The highest BCUT2D eigenvalue weighted by molar-refractivity contribution is 7.80. The summed E-state index contributed by atoms with van der Waals surface area (Å²) in [6.45, 7) is 1.87. The summed E-state index contributed by atoms with van der Waals surface area (Å²) in [6.07, 6.45) is 1.81. The van der Waals surface area contributed by atoms with E-state index in [2.05, 4.69) is 0 Å². The maximum Gasteiger partial charge on any atom is 0.147 e. The van der Waals surface area contributed by atoms with E-state index >= 15 is 0 Å². The second-order valence-electron chi connectivity index (χ2n) is 4.81. The van der Waals surface area contributed by atoms with Gasteiger partial charge in [-0.15, -0.1) is 0 Å². The Hall–Kier alpha value is -1.24. The number of rotatable bonds is 5. The third-order valence-corrected chi connectivity index (χ3v) is 3.70. The zero-order valence-electron chi connectivity index (χ0n) is 11.2. The SMILES string of the molecule is NC(=S)c1ccc(N2CCC(OCCO)CC2)c(F)c1. The highest BCUT2D eigenvalue weighted by Crippen LogP contribution is 2.25. The third kappa shape index (κ3) is 3.65. The number of thiocarbonyl (C=S) groups is 1. The third-order valence-electron chi connectivity index (χ3n) is 3.46. The van der Waals surface area contributed by atoms with Crippen molar-refractivity contribution in [1.29, 1.82) is 0 Å². The molecule has 2 rings (SSSR count). The number of anilines is 1. The number of benzene rings is 1. The van der Waals surface area contributed by atoms with E-state index in [1.165, 1.54) is 6.07 Å². The Labute approximate surface area is 123 Å². The van der Waals surface area contributed by atoms with Crippen LogP contribution in [0.15, 0.2) is 18.2 Å². The fraction of sp³-hybridized carbons (Fsp3) is 0.500. The first-order valence-electron chi connectivity index (χ1n) is 6.68. The lowest BCUT2D eigenvalue weighted by Crippen LogP contribution is -2.37. The quantitative estimate of drug-likeness (QED) is 0.806. The molecule has 1 aliphatic heterocycles. The molecule has 1 heterocycles. The number of piperidine rings is 1. The van der Waals surface area contributed by atoms with Crippen molar-refractivity contribution in [3.8, 4) is 0 Å². The number of ether oxygens (including phenoxy) is 1. The van der Waals surface area contributed by atoms with Gasteiger partial charge in [0.1, 0.15) is 10.8 Å². The van der Waals surface area contributed by atoms with Crippen LogP contribution < -0.4 is 10.6 Å². The van der Waals surface area contributed by atoms with E-state index in [4.69, 9.17) is 27.8 Å². The molecule has 1 aromatic carbocycles. The van der Waals surface area contributed by atoms with Crippen molar-refractivity contribution in [2.75, 3.05) is 31.2 Å². The number of aliphatic hydroxyl groups is 1. The first-order chi connectivity index (χ1) is 9.61. The van der Waals surface area contributed by atoms with Crippen LogP contribution in [0.5, 0.6) is 0 Å². The first kappa shape index (κ1) is 15.2. The van der Waals surface area contributed by atoms with Gasteiger partial charge in [-0.1, -0.05) is 12.2 Å². The Morgan fingerprint density at radius 3 is 2.70 bits per heavy atom. The molecule has 1 aliphatic rings. The van der Waals surface area contributed by atoms with Crippen LogP contribution in [0.2, 0.25) is 0 Å². The molecule has 0 radical (unpaired) electrons. The van der Waals surface area contributed by atoms with Crippen LogP contribution in [0.25, 0.3) is 0 Å². The fourth-order valence-electron chi connectivity index (χ4n) is 2.40. The average molecular weight is 298 g/mol. The molecule has 0 spiro atoms. The van der Waals surface area contributed by atoms with Gasteiger partial charge in [0.05, 0.1) is 25.0 Å². The summed E-state index contributed by atoms with van der Waals surface area (Å²) in [5.74, 6) is -0.301. The summed E-state index contributed by atoms with van der Waals surface area (Å²) in [4.78, 5) is 2.20. The van der Waals surface area contributed by atoms with Crippen LogP contribution in [0.4, 0.5) is 10.1 Å². The van der Waals surface area contributed by atoms with Gasteiger partial charge in [0.25, 0.3) is 0 Å². The van der Waals surface area contributed by atoms with Crippen LogP contribution in [-0.4, -0.2) is 42.5 Å². The van der Waals surface area contributed by atoms with E-state index in [-0.39, 0.29) is 23.5 Å². The molecule has 0 unspecified atom stereocenters. The molecule has 6 heteroatoms. The Morgan fingerprint density at radius 2 is 2.15 bits per heavy atom. The lowest BCUT2D eigenvalue weighted by molar-refractivity contribution is 0.0158. The lowest BCUT2D eigenvalue weighted by Gasteiger charge is -2.33. The number of nitrogens with two attached hydrogens (primary N) is 1. The largest absolute Gasteiger partial charge is 0.394 e. The second kappa shape index (κ2) is 6.97. The first-order valence-corrected chi connectivity index (χ1v) is 7.09. The van der Waals surface area contributed by atoms with Crippen molar-refractivity contribution in [3.05, 3.63) is 29.6 Å². The van der Waals surface area contributed by atoms with Gasteiger partial charge in [0, 0.05) is 18.7 Å². The molecule has 0 saturated carbocycles. The van der Waals surface area contributed by atoms with Crippen LogP contribution in [0, 0.1) is 5.82 Å². The standard InChI is InChI=1S/C14H19FN2O2S/c15-12-9-10(14(16)20)1-2-13(12)17-5-3-11(4-6-17)19-8-7-18/h1-2,9,11,18H,3-8H2,(H2,16,20). The smallest absolute Gasteiger partial charge is 0.147 e. The number of halogens is 1. The number of hydrogen-bond acceptors (Lipinski definition) is 4. The van der Waals surface area contributed by atoms with E-state index < -0.39 is 0 Å². The monoisotopic (exact) mass is 298 g/mol. The minimum atomic E-state index is -0.301. The molecule has 0 atom stereocenters. The van der Waals surface area contributed by atoms with Crippen molar-refractivity contribution in [1.82, 2.24) is 0 Å². The van der Waals surface area contributed by atoms with Gasteiger partial charge in [-0.2, -0.15) is 0 Å². The predicted octanol–water partition coefficient (Wildman–Crippen LogP) is 1.44. The van der Waals surface area contributed by atoms with E-state index in [9.17, 15) is 4.39 Å². The predicted molar refractivity (Wildman–Crippen MR) is 80.6 cm³/mol. The molecule has 20 heavy (non-hydrogen) atoms. The Kier molecular flexibility index (Phi) is 5.28. The molecule has 4 nitrogen and oxygen atoms in total. The molecule has 110 valence electrons. The summed E-state index contributed by atoms with van der Waals surface area (Å²) < 4.78 is 19.6. The zero-order chi connectivity index (χ0) is 14.5. The van der Waals surface area contributed by atoms with Gasteiger partial charge in [-0.3, -0.25) is 0 Å². The van der Waals surface area contributed by atoms with E-state index in [1.807, 2.05) is 4.90 Å². The minimum absolute atomic E-state index is 0.0370. The lowest BCUT2D eigenvalue weighted by atomic mass is 10.1. The van der Waals surface area contributed by atoms with Crippen LogP contribution in [0.1, 0.15) is 18.4 Å². The summed E-state index contributed by atoms with van der Waals surface area (Å²) in [5.41, 5.74) is 6.61. The van der Waals surface area contributed by atoms with Gasteiger partial charge in [0.2, 0.25) is 0 Å². The van der Waals surface area contributed by atoms with Crippen molar-refractivity contribution in [2.45, 2.75) is 18.9 Å². The normalized spacial score (nSPS) is 16.4. The molecule has 1 fully saturated rings. The number of nitrogens with zero attached hydrogens (tertiary/aromatic N) is 1. The topological polar surface area (TPSA) is 58.7 Å². The second-order valence-corrected chi connectivity index (χ2v) is 5.25. The van der Waals surface area contributed by atoms with Crippen LogP contribution in [0.3, 0.4) is 0 Å². The summed E-state index contributed by atoms with van der Waals surface area (Å²) >= 11 is 4.84. The molecule has 1 saturated heterocycles. The van der Waals surface area contributed by atoms with Crippen molar-refractivity contribution in [3.63, 3.8) is 0 Å². The molecular weight excluding hydrogens is 279 g/mol. The molecule has 1 aromatic rings. The van der Waals surface area contributed by atoms with Crippen LogP contribution >= 0.6 is 12.2 Å². The van der Waals surface area contributed by atoms with Gasteiger partial charge in [-0.05, 0) is 31.0 Å². The highest BCUT2D eigenvalue weighted by Gasteiger charge is 2.21.